The van der Waals surface area contributed by atoms with Gasteiger partial charge in [0, 0.05) is 0 Å². The Hall–Kier alpha value is -1.58. The first kappa shape index (κ1) is 74.4. The van der Waals surface area contributed by atoms with E-state index in [9.17, 15) is 5.11 Å². The number of alkyl halides is 1. The van der Waals surface area contributed by atoms with E-state index < -0.39 is 5.41 Å². The van der Waals surface area contributed by atoms with Crippen molar-refractivity contribution in [2.24, 2.45) is 0 Å². The van der Waals surface area contributed by atoms with Gasteiger partial charge in [0.05, 0.1) is 26.2 Å². The van der Waals surface area contributed by atoms with E-state index in [1.165, 1.54) is 32.2 Å². The van der Waals surface area contributed by atoms with Gasteiger partial charge in [0.15, 0.2) is 0 Å². The first-order valence-electron chi connectivity index (χ1n) is 21.4. The summed E-state index contributed by atoms with van der Waals surface area (Å²) in [6, 6.07) is 49.3. The van der Waals surface area contributed by atoms with E-state index in [1.807, 2.05) is 104 Å². The fourth-order valence-electron chi connectivity index (χ4n) is 5.94. The van der Waals surface area contributed by atoms with Crippen molar-refractivity contribution in [1.82, 2.24) is 0 Å². The summed E-state index contributed by atoms with van der Waals surface area (Å²) in [4.78, 5) is 0. The predicted octanol–water partition coefficient (Wildman–Crippen LogP) is 20.0. The molecule has 6 rings (SSSR count). The number of halogens is 7. The molecular weight excluding hydrogens is 1340 g/mol. The Morgan fingerprint density at radius 3 is 1.10 bits per heavy atom. The molecule has 0 aliphatic carbocycles. The Morgan fingerprint density at radius 1 is 0.478 bits per heavy atom. The number of phenolic OH excluding ortho intramolecular Hbond substituents is 1. The normalized spacial score (nSPS) is 8.91. The van der Waals surface area contributed by atoms with Crippen molar-refractivity contribution < 1.29 is 19.7 Å². The summed E-state index contributed by atoms with van der Waals surface area (Å²) in [5.41, 5.74) is 9.48. The highest BCUT2D eigenvalue weighted by Gasteiger charge is 2.38. The van der Waals surface area contributed by atoms with Crippen LogP contribution in [0.1, 0.15) is 113 Å². The van der Waals surface area contributed by atoms with Gasteiger partial charge in [0.2, 0.25) is 0 Å². The van der Waals surface area contributed by atoms with Gasteiger partial charge in [0.25, 0.3) is 0 Å². The predicted molar refractivity (Wildman–Crippen MR) is 334 cm³/mol. The van der Waals surface area contributed by atoms with Crippen molar-refractivity contribution in [2.75, 3.05) is 18.6 Å². The lowest BCUT2D eigenvalue weighted by Crippen LogP contribution is -2.31. The molecule has 0 fully saturated rings. The second kappa shape index (κ2) is 46.8. The third kappa shape index (κ3) is 29.4. The van der Waals surface area contributed by atoms with E-state index in [0.29, 0.717) is 5.75 Å². The lowest BCUT2D eigenvalue weighted by atomic mass is 9.64. The summed E-state index contributed by atoms with van der Waals surface area (Å²) in [5.74, 6) is 2.20. The SMILES string of the molecule is BrB(Br)Br.BrB(Br)Br.C.C.CC.CC.CC.CCI.COc1ccc(C(c2ccccc2)(c2ccccc2)c2ccc(CO)c(C)c2)cc1C.COc1ccccc1C.Cc1ccccc1O. The monoisotopic (exact) mass is 1410 g/mol. The molecule has 13 heteroatoms. The molecule has 0 aliphatic heterocycles. The summed E-state index contributed by atoms with van der Waals surface area (Å²) in [6.45, 7) is 22.2. The fraction of sp³-hybridized carbons (Fsp3) is 0.333. The molecule has 0 amide bonds. The maximum Gasteiger partial charge on any atom is 0.369 e. The molecule has 4 nitrogen and oxygen atoms in total. The molecule has 0 aliphatic rings. The van der Waals surface area contributed by atoms with Crippen LogP contribution >= 0.6 is 117 Å². The molecular formula is C54H77B2Br6IO4. The van der Waals surface area contributed by atoms with E-state index in [2.05, 4.69) is 229 Å². The summed E-state index contributed by atoms with van der Waals surface area (Å²) in [5, 5.41) is 18.7. The van der Waals surface area contributed by atoms with E-state index >= 15 is 0 Å². The Balaban J connectivity index is -0.000000291. The Bertz CT molecular complexity index is 1920. The van der Waals surface area contributed by atoms with E-state index in [0.717, 1.165) is 33.8 Å². The van der Waals surface area contributed by atoms with Crippen molar-refractivity contribution >= 4 is 124 Å². The zero-order valence-corrected chi connectivity index (χ0v) is 52.0. The zero-order valence-electron chi connectivity index (χ0n) is 40.3. The Labute approximate surface area is 472 Å². The van der Waals surface area contributed by atoms with Crippen molar-refractivity contribution in [3.63, 3.8) is 0 Å². The largest absolute Gasteiger partial charge is 0.508 e. The molecule has 0 radical (unpaired) electrons. The van der Waals surface area contributed by atoms with Gasteiger partial charge in [-0.25, -0.2) is 0 Å². The summed E-state index contributed by atoms with van der Waals surface area (Å²) in [7, 11) is 3.39. The third-order valence-electron chi connectivity index (χ3n) is 8.62. The van der Waals surface area contributed by atoms with Gasteiger partial charge in [-0.15, -0.1) is 94.5 Å². The minimum absolute atomic E-state index is 0. The number of ether oxygens (including phenoxy) is 2. The standard InChI is InChI=1S/C29H28O2.C8H10O.C7H8O.C2H5I.3C2H6.2CH4.2BBr3/c1-21-18-26(15-14-23(21)20-30)29(24-10-6-4-7-11-24,25-12-8-5-9-13-25)27-16-17-28(31-3)22(2)19-27;1-7-5-3-4-6-8(7)9-2;1-6-4-2-3-5-7(6)8;1-2-3;3*1-2;;;2*2-1(3)4/h4-19,30H,20H2,1-3H3;3-6H,1-2H3;2-5,8H,1H3;2H2,1H3;3*1-2H3;2*1H4;;. The average Bonchev–Trinajstić information content (AvgIpc) is 3.31. The number of benzene rings is 6. The van der Waals surface area contributed by atoms with Crippen LogP contribution in [0.2, 0.25) is 0 Å². The number of aliphatic hydroxyl groups excluding tert-OH is 1. The average molecular weight is 1420 g/mol. The zero-order chi connectivity index (χ0) is 50.4. The topological polar surface area (TPSA) is 58.9 Å². The highest BCUT2D eigenvalue weighted by molar-refractivity contribution is 14.1. The Kier molecular flexibility index (Phi) is 51.9. The number of methoxy groups -OCH3 is 2. The van der Waals surface area contributed by atoms with Gasteiger partial charge in [0.1, 0.15) is 17.2 Å². The molecule has 6 aromatic carbocycles. The maximum absolute atomic E-state index is 9.74. The number of aromatic hydroxyl groups is 1. The minimum Gasteiger partial charge on any atom is -0.508 e. The van der Waals surface area contributed by atoms with Crippen LogP contribution in [0.25, 0.3) is 0 Å². The number of aliphatic hydroxyl groups is 1. The summed E-state index contributed by atoms with van der Waals surface area (Å²) >= 11 is 20.9. The second-order valence-electron chi connectivity index (χ2n) is 12.5. The van der Waals surface area contributed by atoms with Crippen LogP contribution in [-0.2, 0) is 12.0 Å². The molecule has 2 N–H and O–H groups in total. The van der Waals surface area contributed by atoms with Crippen LogP contribution < -0.4 is 9.47 Å². The molecule has 0 bridgehead atoms. The van der Waals surface area contributed by atoms with E-state index in [-0.39, 0.29) is 27.8 Å². The molecule has 0 saturated carbocycles. The molecule has 0 spiro atoms. The molecule has 6 aromatic rings. The van der Waals surface area contributed by atoms with E-state index in [1.54, 1.807) is 20.3 Å². The number of aryl methyl sites for hydroxylation is 4. The van der Waals surface area contributed by atoms with Gasteiger partial charge in [-0.3, -0.25) is 0 Å². The highest BCUT2D eigenvalue weighted by Crippen LogP contribution is 2.46. The van der Waals surface area contributed by atoms with Crippen LogP contribution in [0.3, 0.4) is 0 Å². The molecule has 0 saturated heterocycles. The van der Waals surface area contributed by atoms with Gasteiger partial charge < -0.3 is 19.7 Å². The van der Waals surface area contributed by atoms with Crippen LogP contribution in [0, 0.1) is 27.7 Å². The highest BCUT2D eigenvalue weighted by atomic mass is 127. The van der Waals surface area contributed by atoms with Crippen LogP contribution in [-0.4, -0.2) is 35.2 Å². The maximum atomic E-state index is 9.74. The van der Waals surface area contributed by atoms with Crippen molar-refractivity contribution in [3.05, 3.63) is 196 Å². The molecule has 372 valence electrons. The van der Waals surface area contributed by atoms with Crippen LogP contribution in [0.4, 0.5) is 0 Å². The third-order valence-corrected chi connectivity index (χ3v) is 8.62. The number of rotatable bonds is 7. The van der Waals surface area contributed by atoms with Crippen molar-refractivity contribution in [2.45, 2.75) is 103 Å². The van der Waals surface area contributed by atoms with Crippen LogP contribution in [0.15, 0.2) is 146 Å². The van der Waals surface area contributed by atoms with Crippen LogP contribution in [0.5, 0.6) is 17.2 Å². The Morgan fingerprint density at radius 2 is 0.806 bits per heavy atom. The van der Waals surface area contributed by atoms with Crippen molar-refractivity contribution in [1.29, 1.82) is 0 Å². The molecule has 67 heavy (non-hydrogen) atoms. The number of para-hydroxylation sites is 2. The van der Waals surface area contributed by atoms with Gasteiger partial charge in [-0.2, -0.15) is 0 Å². The first-order chi connectivity index (χ1) is 31.1. The van der Waals surface area contributed by atoms with Gasteiger partial charge in [-0.05, 0) is 100 Å². The lowest BCUT2D eigenvalue weighted by molar-refractivity contribution is 0.281. The number of phenols is 1. The smallest absolute Gasteiger partial charge is 0.369 e. The number of hydrogen-bond acceptors (Lipinski definition) is 4. The molecule has 0 heterocycles. The number of hydrogen-bond donors (Lipinski definition) is 2. The molecule has 0 aromatic heterocycles. The van der Waals surface area contributed by atoms with Gasteiger partial charge >= 0.3 is 6.37 Å². The summed E-state index contributed by atoms with van der Waals surface area (Å²) < 4.78 is 12.4. The first-order valence-corrected chi connectivity index (χ1v) is 28.4. The van der Waals surface area contributed by atoms with E-state index in [4.69, 9.17) is 14.6 Å². The quantitative estimate of drug-likeness (QED) is 0.0724. The minimum atomic E-state index is -0.502. The summed E-state index contributed by atoms with van der Waals surface area (Å²) in [6.07, 6.45) is 0. The fourth-order valence-corrected chi connectivity index (χ4v) is 5.94. The lowest BCUT2D eigenvalue weighted by Gasteiger charge is -2.37. The molecule has 0 unspecified atom stereocenters. The van der Waals surface area contributed by atoms with Crippen molar-refractivity contribution in [3.8, 4) is 17.2 Å². The van der Waals surface area contributed by atoms with Gasteiger partial charge in [-0.1, -0.05) is 213 Å². The molecule has 0 atom stereocenters. The second-order valence-corrected chi connectivity index (χ2v) is 26.9.